The van der Waals surface area contributed by atoms with Crippen LogP contribution in [-0.4, -0.2) is 29.9 Å². The van der Waals surface area contributed by atoms with Crippen molar-refractivity contribution in [3.63, 3.8) is 0 Å². The molecule has 1 heterocycles. The molecule has 1 aliphatic heterocycles. The number of benzene rings is 1. The van der Waals surface area contributed by atoms with Gasteiger partial charge in [-0.2, -0.15) is 5.26 Å². The normalized spacial score (nSPS) is 17.9. The number of nitrogens with zero attached hydrogens (tertiary/aromatic N) is 2. The van der Waals surface area contributed by atoms with Gasteiger partial charge in [-0.25, -0.2) is 4.79 Å². The molecule has 1 atom stereocenters. The minimum atomic E-state index is -0.458. The molecule has 1 aliphatic rings. The van der Waals surface area contributed by atoms with E-state index in [-0.39, 0.29) is 25.5 Å². The van der Waals surface area contributed by atoms with Crippen LogP contribution in [0.1, 0.15) is 31.7 Å². The van der Waals surface area contributed by atoms with Crippen LogP contribution in [0.15, 0.2) is 35.5 Å². The van der Waals surface area contributed by atoms with Crippen molar-refractivity contribution in [2.75, 3.05) is 13.2 Å². The van der Waals surface area contributed by atoms with Crippen LogP contribution in [0.25, 0.3) is 0 Å². The molecule has 0 fully saturated rings. The monoisotopic (exact) mass is 332 g/mol. The number of ether oxygens (including phenoxy) is 1. The lowest BCUT2D eigenvalue weighted by atomic mass is 9.84. The first kappa shape index (κ1) is 17.0. The summed E-state index contributed by atoms with van der Waals surface area (Å²) >= 11 is 5.91. The SMILES string of the molecule is CCOC(=O)C1=C(C)N(CC#N)C(=O)CC1c1ccc(Cl)cc1. The number of halogens is 1. The van der Waals surface area contributed by atoms with Gasteiger partial charge in [-0.1, -0.05) is 23.7 Å². The molecule has 1 aromatic carbocycles. The van der Waals surface area contributed by atoms with Crippen LogP contribution in [0, 0.1) is 11.3 Å². The van der Waals surface area contributed by atoms with E-state index in [1.807, 2.05) is 6.07 Å². The molecule has 0 N–H and O–H groups in total. The Morgan fingerprint density at radius 1 is 1.43 bits per heavy atom. The van der Waals surface area contributed by atoms with E-state index >= 15 is 0 Å². The highest BCUT2D eigenvalue weighted by atomic mass is 35.5. The summed E-state index contributed by atoms with van der Waals surface area (Å²) in [5.74, 6) is -1.04. The third-order valence-electron chi connectivity index (χ3n) is 3.82. The first-order valence-electron chi connectivity index (χ1n) is 7.30. The molecule has 2 rings (SSSR count). The van der Waals surface area contributed by atoms with Gasteiger partial charge in [0.05, 0.1) is 18.2 Å². The second-order valence-corrected chi connectivity index (χ2v) is 5.60. The summed E-state index contributed by atoms with van der Waals surface area (Å²) in [6.07, 6.45) is 0.120. The highest BCUT2D eigenvalue weighted by Gasteiger charge is 2.36. The minimum absolute atomic E-state index is 0.0824. The van der Waals surface area contributed by atoms with Gasteiger partial charge in [0.25, 0.3) is 0 Å². The van der Waals surface area contributed by atoms with Gasteiger partial charge in [0.2, 0.25) is 5.91 Å². The smallest absolute Gasteiger partial charge is 0.336 e. The zero-order valence-corrected chi connectivity index (χ0v) is 13.8. The minimum Gasteiger partial charge on any atom is -0.463 e. The summed E-state index contributed by atoms with van der Waals surface area (Å²) in [7, 11) is 0. The Balaban J connectivity index is 2.51. The van der Waals surface area contributed by atoms with Crippen LogP contribution in [0.2, 0.25) is 5.02 Å². The number of hydrogen-bond acceptors (Lipinski definition) is 4. The topological polar surface area (TPSA) is 70.4 Å². The molecule has 1 unspecified atom stereocenters. The summed E-state index contributed by atoms with van der Waals surface area (Å²) in [5.41, 5.74) is 1.71. The van der Waals surface area contributed by atoms with Gasteiger partial charge in [-0.3, -0.25) is 4.79 Å². The molecule has 0 radical (unpaired) electrons. The summed E-state index contributed by atoms with van der Waals surface area (Å²) in [4.78, 5) is 26.1. The van der Waals surface area contributed by atoms with Crippen LogP contribution in [0.3, 0.4) is 0 Å². The van der Waals surface area contributed by atoms with E-state index < -0.39 is 11.9 Å². The van der Waals surface area contributed by atoms with Crippen molar-refractivity contribution in [3.8, 4) is 6.07 Å². The molecule has 6 heteroatoms. The lowest BCUT2D eigenvalue weighted by molar-refractivity contribution is -0.139. The molecule has 120 valence electrons. The highest BCUT2D eigenvalue weighted by Crippen LogP contribution is 2.37. The van der Waals surface area contributed by atoms with Gasteiger partial charge < -0.3 is 9.64 Å². The van der Waals surface area contributed by atoms with Crippen molar-refractivity contribution in [3.05, 3.63) is 46.1 Å². The van der Waals surface area contributed by atoms with Crippen molar-refractivity contribution < 1.29 is 14.3 Å². The molecule has 5 nitrogen and oxygen atoms in total. The second kappa shape index (κ2) is 7.30. The summed E-state index contributed by atoms with van der Waals surface area (Å²) < 4.78 is 5.15. The Labute approximate surface area is 140 Å². The Morgan fingerprint density at radius 3 is 2.65 bits per heavy atom. The number of allylic oxidation sites excluding steroid dienone is 1. The quantitative estimate of drug-likeness (QED) is 0.627. The molecule has 0 aromatic heterocycles. The van der Waals surface area contributed by atoms with Gasteiger partial charge in [0.15, 0.2) is 0 Å². The third-order valence-corrected chi connectivity index (χ3v) is 4.07. The van der Waals surface area contributed by atoms with Crippen LogP contribution in [0.5, 0.6) is 0 Å². The standard InChI is InChI=1S/C17H17ClN2O3/c1-3-23-17(22)16-11(2)20(9-8-19)15(21)10-14(16)12-4-6-13(18)7-5-12/h4-7,14H,3,9-10H2,1-2H3. The van der Waals surface area contributed by atoms with E-state index in [1.54, 1.807) is 38.1 Å². The zero-order valence-electron chi connectivity index (χ0n) is 13.0. The van der Waals surface area contributed by atoms with Crippen molar-refractivity contribution >= 4 is 23.5 Å². The maximum Gasteiger partial charge on any atom is 0.336 e. The van der Waals surface area contributed by atoms with Crippen LogP contribution in [-0.2, 0) is 14.3 Å². The fourth-order valence-corrected chi connectivity index (χ4v) is 2.85. The van der Waals surface area contributed by atoms with Crippen molar-refractivity contribution in [1.82, 2.24) is 4.90 Å². The van der Waals surface area contributed by atoms with Crippen LogP contribution < -0.4 is 0 Å². The predicted molar refractivity (Wildman–Crippen MR) is 85.5 cm³/mol. The van der Waals surface area contributed by atoms with Gasteiger partial charge in [-0.05, 0) is 31.5 Å². The first-order valence-corrected chi connectivity index (χ1v) is 7.68. The Morgan fingerprint density at radius 2 is 2.09 bits per heavy atom. The molecule has 1 amide bonds. The van der Waals surface area contributed by atoms with E-state index in [2.05, 4.69) is 0 Å². The van der Waals surface area contributed by atoms with E-state index in [0.29, 0.717) is 16.3 Å². The molecule has 0 spiro atoms. The van der Waals surface area contributed by atoms with Crippen LogP contribution in [0.4, 0.5) is 0 Å². The van der Waals surface area contributed by atoms with Gasteiger partial charge in [-0.15, -0.1) is 0 Å². The van der Waals surface area contributed by atoms with Gasteiger partial charge in [0.1, 0.15) is 6.54 Å². The zero-order chi connectivity index (χ0) is 17.0. The molecule has 0 saturated heterocycles. The van der Waals surface area contributed by atoms with E-state index in [0.717, 1.165) is 5.56 Å². The fraction of sp³-hybridized carbons (Fsp3) is 0.353. The first-order chi connectivity index (χ1) is 11.0. The number of hydrogen-bond donors (Lipinski definition) is 0. The maximum absolute atomic E-state index is 12.4. The summed E-state index contributed by atoms with van der Waals surface area (Å²) in [6.45, 7) is 3.56. The lowest BCUT2D eigenvalue weighted by Gasteiger charge is -2.33. The third kappa shape index (κ3) is 3.54. The second-order valence-electron chi connectivity index (χ2n) is 5.17. The Bertz CT molecular complexity index is 689. The average molecular weight is 333 g/mol. The molecule has 0 aliphatic carbocycles. The Hall–Kier alpha value is -2.32. The summed E-state index contributed by atoms with van der Waals surface area (Å²) in [5, 5.41) is 9.48. The molecular formula is C17H17ClN2O3. The number of nitriles is 1. The fourth-order valence-electron chi connectivity index (χ4n) is 2.73. The molecule has 1 aromatic rings. The number of amides is 1. The van der Waals surface area contributed by atoms with Gasteiger partial charge in [0, 0.05) is 23.1 Å². The number of carbonyl (C=O) groups excluding carboxylic acids is 2. The van der Waals surface area contributed by atoms with E-state index in [1.165, 1.54) is 4.90 Å². The average Bonchev–Trinajstić information content (AvgIpc) is 2.51. The molecule has 0 bridgehead atoms. The number of carbonyl (C=O) groups is 2. The van der Waals surface area contributed by atoms with E-state index in [9.17, 15) is 9.59 Å². The van der Waals surface area contributed by atoms with E-state index in [4.69, 9.17) is 21.6 Å². The number of rotatable bonds is 4. The van der Waals surface area contributed by atoms with Crippen molar-refractivity contribution in [2.45, 2.75) is 26.2 Å². The number of esters is 1. The highest BCUT2D eigenvalue weighted by molar-refractivity contribution is 6.30. The van der Waals surface area contributed by atoms with Crippen LogP contribution >= 0.6 is 11.6 Å². The molecule has 23 heavy (non-hydrogen) atoms. The largest absolute Gasteiger partial charge is 0.463 e. The van der Waals surface area contributed by atoms with Crippen molar-refractivity contribution in [1.29, 1.82) is 5.26 Å². The predicted octanol–water partition coefficient (Wildman–Crippen LogP) is 3.02. The molecular weight excluding hydrogens is 316 g/mol. The van der Waals surface area contributed by atoms with Gasteiger partial charge >= 0.3 is 5.97 Å². The summed E-state index contributed by atoms with van der Waals surface area (Å²) in [6, 6.07) is 9.00. The lowest BCUT2D eigenvalue weighted by Crippen LogP contribution is -2.38. The Kier molecular flexibility index (Phi) is 5.41. The van der Waals surface area contributed by atoms with Crippen molar-refractivity contribution in [2.24, 2.45) is 0 Å². The maximum atomic E-state index is 12.4. The molecule has 0 saturated carbocycles.